The van der Waals surface area contributed by atoms with Gasteiger partial charge in [0.25, 0.3) is 5.91 Å². The molecule has 5 heteroatoms. The van der Waals surface area contributed by atoms with Crippen molar-refractivity contribution in [1.29, 1.82) is 0 Å². The Labute approximate surface area is 113 Å². The van der Waals surface area contributed by atoms with Gasteiger partial charge in [-0.3, -0.25) is 19.5 Å². The maximum absolute atomic E-state index is 11.6. The molecule has 0 N–H and O–H groups in total. The number of carbonyl (C=O) groups excluding carboxylic acids is 2. The molecule has 0 spiro atoms. The molecule has 0 bridgehead atoms. The van der Waals surface area contributed by atoms with Crippen LogP contribution < -0.4 is 0 Å². The minimum Gasteiger partial charge on any atom is -0.334 e. The first-order valence-electron chi connectivity index (χ1n) is 6.53. The molecule has 0 aromatic carbocycles. The number of hydrogen-bond donors (Lipinski definition) is 0. The van der Waals surface area contributed by atoms with Crippen molar-refractivity contribution in [3.8, 4) is 0 Å². The van der Waals surface area contributed by atoms with Crippen LogP contribution in [0.3, 0.4) is 0 Å². The Morgan fingerprint density at radius 1 is 1.26 bits per heavy atom. The van der Waals surface area contributed by atoms with Crippen molar-refractivity contribution in [2.24, 2.45) is 0 Å². The highest BCUT2D eigenvalue weighted by atomic mass is 16.2. The second-order valence-electron chi connectivity index (χ2n) is 4.85. The molecule has 1 atom stereocenters. The van der Waals surface area contributed by atoms with E-state index in [0.29, 0.717) is 13.1 Å². The third kappa shape index (κ3) is 3.17. The van der Waals surface area contributed by atoms with Gasteiger partial charge in [0.2, 0.25) is 5.78 Å². The summed E-state index contributed by atoms with van der Waals surface area (Å²) < 4.78 is 0. The zero-order chi connectivity index (χ0) is 13.8. The first-order valence-corrected chi connectivity index (χ1v) is 6.53. The molecule has 1 fully saturated rings. The Morgan fingerprint density at radius 3 is 2.47 bits per heavy atom. The molecule has 2 heterocycles. The SMILES string of the molecule is CC(=O)C(=O)N1CCN(C(C)c2cccnc2)CC1. The standard InChI is InChI=1S/C14H19N3O2/c1-11(13-4-3-5-15-10-13)16-6-8-17(9-7-16)14(19)12(2)18/h3-5,10-11H,6-9H2,1-2H3. The van der Waals surface area contributed by atoms with E-state index in [0.717, 1.165) is 13.1 Å². The number of nitrogens with zero attached hydrogens (tertiary/aromatic N) is 3. The summed E-state index contributed by atoms with van der Waals surface area (Å²) in [7, 11) is 0. The molecule has 5 nitrogen and oxygen atoms in total. The van der Waals surface area contributed by atoms with Crippen molar-refractivity contribution in [2.45, 2.75) is 19.9 Å². The predicted octanol–water partition coefficient (Wildman–Crippen LogP) is 0.876. The van der Waals surface area contributed by atoms with E-state index in [4.69, 9.17) is 0 Å². The first kappa shape index (κ1) is 13.7. The molecule has 19 heavy (non-hydrogen) atoms. The van der Waals surface area contributed by atoms with Gasteiger partial charge in [0.05, 0.1) is 0 Å². The summed E-state index contributed by atoms with van der Waals surface area (Å²) in [5.41, 5.74) is 1.17. The normalized spacial score (nSPS) is 18.1. The lowest BCUT2D eigenvalue weighted by molar-refractivity contribution is -0.145. The van der Waals surface area contributed by atoms with Crippen LogP contribution in [0.25, 0.3) is 0 Å². The summed E-state index contributed by atoms with van der Waals surface area (Å²) in [6.07, 6.45) is 3.64. The fourth-order valence-electron chi connectivity index (χ4n) is 2.37. The number of amides is 1. The van der Waals surface area contributed by atoms with Crippen LogP contribution in [0.4, 0.5) is 0 Å². The molecule has 0 aliphatic carbocycles. The van der Waals surface area contributed by atoms with Gasteiger partial charge in [-0.2, -0.15) is 0 Å². The van der Waals surface area contributed by atoms with Gasteiger partial charge >= 0.3 is 0 Å². The average Bonchev–Trinajstić information content (AvgIpc) is 2.46. The van der Waals surface area contributed by atoms with Crippen molar-refractivity contribution >= 4 is 11.7 Å². The minimum atomic E-state index is -0.381. The maximum Gasteiger partial charge on any atom is 0.289 e. The third-order valence-corrected chi connectivity index (χ3v) is 3.62. The summed E-state index contributed by atoms with van der Waals surface area (Å²) in [4.78, 5) is 30.7. The zero-order valence-corrected chi connectivity index (χ0v) is 11.4. The second kappa shape index (κ2) is 5.93. The monoisotopic (exact) mass is 261 g/mol. The molecule has 1 aliphatic heterocycles. The van der Waals surface area contributed by atoms with E-state index in [1.165, 1.54) is 12.5 Å². The molecular formula is C14H19N3O2. The van der Waals surface area contributed by atoms with Crippen LogP contribution in [0.15, 0.2) is 24.5 Å². The number of ketones is 1. The summed E-state index contributed by atoms with van der Waals surface area (Å²) in [6.45, 7) is 6.27. The molecule has 0 radical (unpaired) electrons. The van der Waals surface area contributed by atoms with Crippen LogP contribution in [0, 0.1) is 0 Å². The van der Waals surface area contributed by atoms with Crippen molar-refractivity contribution in [2.75, 3.05) is 26.2 Å². The second-order valence-corrected chi connectivity index (χ2v) is 4.85. The van der Waals surface area contributed by atoms with Crippen LogP contribution in [0.1, 0.15) is 25.5 Å². The molecule has 1 amide bonds. The lowest BCUT2D eigenvalue weighted by Crippen LogP contribution is -2.50. The highest BCUT2D eigenvalue weighted by Gasteiger charge is 2.26. The van der Waals surface area contributed by atoms with Crippen LogP contribution in [0.2, 0.25) is 0 Å². The van der Waals surface area contributed by atoms with Gasteiger partial charge < -0.3 is 4.90 Å². The molecule has 1 aromatic rings. The molecule has 0 saturated carbocycles. The number of pyridine rings is 1. The van der Waals surface area contributed by atoms with Gasteiger partial charge in [-0.15, -0.1) is 0 Å². The molecule has 1 saturated heterocycles. The number of rotatable bonds is 3. The van der Waals surface area contributed by atoms with Crippen molar-refractivity contribution in [1.82, 2.24) is 14.8 Å². The Kier molecular flexibility index (Phi) is 4.27. The summed E-state index contributed by atoms with van der Waals surface area (Å²) >= 11 is 0. The van der Waals surface area contributed by atoms with Crippen molar-refractivity contribution in [3.05, 3.63) is 30.1 Å². The lowest BCUT2D eigenvalue weighted by atomic mass is 10.1. The first-order chi connectivity index (χ1) is 9.09. The van der Waals surface area contributed by atoms with Crippen LogP contribution in [-0.4, -0.2) is 52.7 Å². The molecule has 102 valence electrons. The fourth-order valence-corrected chi connectivity index (χ4v) is 2.37. The number of carbonyl (C=O) groups is 2. The van der Waals surface area contributed by atoms with Gasteiger partial charge in [-0.25, -0.2) is 0 Å². The summed E-state index contributed by atoms with van der Waals surface area (Å²) in [6, 6.07) is 4.27. The maximum atomic E-state index is 11.6. The quantitative estimate of drug-likeness (QED) is 0.758. The number of Topliss-reactive ketones (excluding diaryl/α,β-unsaturated/α-hetero) is 1. The number of aromatic nitrogens is 1. The van der Waals surface area contributed by atoms with Crippen molar-refractivity contribution in [3.63, 3.8) is 0 Å². The van der Waals surface area contributed by atoms with Gasteiger partial charge in [-0.05, 0) is 18.6 Å². The highest BCUT2D eigenvalue weighted by Crippen LogP contribution is 2.20. The molecular weight excluding hydrogens is 242 g/mol. The van der Waals surface area contributed by atoms with Crippen LogP contribution in [-0.2, 0) is 9.59 Å². The third-order valence-electron chi connectivity index (χ3n) is 3.62. The van der Waals surface area contributed by atoms with Gasteiger partial charge in [0, 0.05) is 51.5 Å². The van der Waals surface area contributed by atoms with E-state index >= 15 is 0 Å². The van der Waals surface area contributed by atoms with E-state index in [1.807, 2.05) is 12.3 Å². The molecule has 1 unspecified atom stereocenters. The van der Waals surface area contributed by atoms with Crippen LogP contribution in [0.5, 0.6) is 0 Å². The minimum absolute atomic E-state index is 0.281. The smallest absolute Gasteiger partial charge is 0.289 e. The number of piperazine rings is 1. The van der Waals surface area contributed by atoms with E-state index in [2.05, 4.69) is 22.9 Å². The van der Waals surface area contributed by atoms with E-state index in [-0.39, 0.29) is 17.7 Å². The molecule has 1 aromatic heterocycles. The molecule has 1 aliphatic rings. The largest absolute Gasteiger partial charge is 0.334 e. The summed E-state index contributed by atoms with van der Waals surface area (Å²) in [5, 5.41) is 0. The van der Waals surface area contributed by atoms with Gasteiger partial charge in [0.15, 0.2) is 0 Å². The highest BCUT2D eigenvalue weighted by molar-refractivity contribution is 6.35. The zero-order valence-electron chi connectivity index (χ0n) is 11.4. The lowest BCUT2D eigenvalue weighted by Gasteiger charge is -2.37. The Bertz CT molecular complexity index is 453. The Balaban J connectivity index is 1.93. The van der Waals surface area contributed by atoms with Gasteiger partial charge in [-0.1, -0.05) is 6.07 Å². The average molecular weight is 261 g/mol. The Morgan fingerprint density at radius 2 is 1.95 bits per heavy atom. The topological polar surface area (TPSA) is 53.5 Å². The van der Waals surface area contributed by atoms with E-state index < -0.39 is 0 Å². The van der Waals surface area contributed by atoms with Crippen molar-refractivity contribution < 1.29 is 9.59 Å². The van der Waals surface area contributed by atoms with E-state index in [1.54, 1.807) is 11.1 Å². The van der Waals surface area contributed by atoms with E-state index in [9.17, 15) is 9.59 Å². The Hall–Kier alpha value is -1.75. The predicted molar refractivity (Wildman–Crippen MR) is 71.5 cm³/mol. The van der Waals surface area contributed by atoms with Crippen LogP contribution >= 0.6 is 0 Å². The summed E-state index contributed by atoms with van der Waals surface area (Å²) in [5.74, 6) is -0.748. The molecule has 2 rings (SSSR count). The fraction of sp³-hybridized carbons (Fsp3) is 0.500. The van der Waals surface area contributed by atoms with Gasteiger partial charge in [0.1, 0.15) is 0 Å². The number of hydrogen-bond acceptors (Lipinski definition) is 4.